The maximum absolute atomic E-state index is 12.4. The highest BCUT2D eigenvalue weighted by Crippen LogP contribution is 2.16. The van der Waals surface area contributed by atoms with Crippen LogP contribution < -0.4 is 15.0 Å². The summed E-state index contributed by atoms with van der Waals surface area (Å²) in [6.07, 6.45) is 0. The minimum Gasteiger partial charge on any atom is -0.497 e. The Kier molecular flexibility index (Phi) is 5.38. The van der Waals surface area contributed by atoms with Gasteiger partial charge in [-0.3, -0.25) is 9.59 Å². The van der Waals surface area contributed by atoms with Gasteiger partial charge in [0, 0.05) is 18.7 Å². The van der Waals surface area contributed by atoms with Crippen LogP contribution in [0.4, 0.5) is 5.69 Å². The molecule has 6 nitrogen and oxygen atoms in total. The van der Waals surface area contributed by atoms with E-state index in [0.29, 0.717) is 18.8 Å². The summed E-state index contributed by atoms with van der Waals surface area (Å²) in [4.78, 5) is 26.7. The molecule has 1 aromatic rings. The van der Waals surface area contributed by atoms with Crippen molar-refractivity contribution in [3.8, 4) is 5.75 Å². The van der Waals surface area contributed by atoms with E-state index in [1.807, 2.05) is 30.0 Å². The Morgan fingerprint density at radius 2 is 2.00 bits per heavy atom. The average molecular weight is 306 g/mol. The number of hydrogen-bond acceptors (Lipinski definition) is 3. The third-order valence-corrected chi connectivity index (χ3v) is 4.19. The Bertz CT molecular complexity index is 539. The van der Waals surface area contributed by atoms with E-state index in [1.54, 1.807) is 20.1 Å². The van der Waals surface area contributed by atoms with E-state index in [2.05, 4.69) is 5.32 Å². The quantitative estimate of drug-likeness (QED) is 0.808. The molecule has 0 spiro atoms. The van der Waals surface area contributed by atoms with Crippen molar-refractivity contribution in [1.29, 1.82) is 0 Å². The fourth-order valence-corrected chi connectivity index (χ4v) is 2.68. The van der Waals surface area contributed by atoms with Gasteiger partial charge in [0.1, 0.15) is 5.75 Å². The number of nitrogens with zero attached hydrogens (tertiary/aromatic N) is 1. The highest BCUT2D eigenvalue weighted by Gasteiger charge is 2.29. The number of hydrogen-bond donors (Lipinski definition) is 2. The van der Waals surface area contributed by atoms with Crippen molar-refractivity contribution >= 4 is 17.5 Å². The van der Waals surface area contributed by atoms with E-state index in [0.717, 1.165) is 18.8 Å². The summed E-state index contributed by atoms with van der Waals surface area (Å²) in [5.41, 5.74) is 0.734. The minimum absolute atomic E-state index is 0.0143. The van der Waals surface area contributed by atoms with Crippen LogP contribution in [0.5, 0.6) is 5.75 Å². The van der Waals surface area contributed by atoms with Gasteiger partial charge in [-0.15, -0.1) is 0 Å². The molecule has 0 radical (unpaired) electrons. The van der Waals surface area contributed by atoms with Crippen molar-refractivity contribution in [2.45, 2.75) is 19.9 Å². The largest absolute Gasteiger partial charge is 0.497 e. The Morgan fingerprint density at radius 3 is 2.59 bits per heavy atom. The van der Waals surface area contributed by atoms with Gasteiger partial charge in [-0.1, -0.05) is 6.07 Å². The number of anilines is 1. The molecule has 0 unspecified atom stereocenters. The first-order valence-corrected chi connectivity index (χ1v) is 7.56. The molecule has 0 aromatic heterocycles. The molecule has 2 amide bonds. The van der Waals surface area contributed by atoms with Crippen LogP contribution in [0.1, 0.15) is 13.8 Å². The van der Waals surface area contributed by atoms with Gasteiger partial charge in [0.15, 0.2) is 6.04 Å². The van der Waals surface area contributed by atoms with Gasteiger partial charge in [-0.05, 0) is 19.1 Å². The predicted octanol–water partition coefficient (Wildman–Crippen LogP) is -0.231. The van der Waals surface area contributed by atoms with Crippen LogP contribution in [0.2, 0.25) is 0 Å². The maximum Gasteiger partial charge on any atom is 0.282 e. The minimum atomic E-state index is -0.152. The standard InChI is InChI=1S/C16H23N3O3/c1-12(18-7-9-19(10-8-18)13(2)20)16(21)17-14-5-4-6-15(11-14)22-3/h4-6,11-12H,7-10H2,1-3H3,(H,17,21)/p+1/t12-/m0/s1. The molecule has 0 bridgehead atoms. The number of quaternary nitrogens is 1. The molecule has 1 heterocycles. The summed E-state index contributed by atoms with van der Waals surface area (Å²) in [6, 6.07) is 7.17. The molecule has 1 aliphatic rings. The number of benzene rings is 1. The topological polar surface area (TPSA) is 63.1 Å². The van der Waals surface area contributed by atoms with Crippen molar-refractivity contribution in [1.82, 2.24) is 4.90 Å². The number of piperazine rings is 1. The number of carbonyl (C=O) groups excluding carboxylic acids is 2. The Labute approximate surface area is 131 Å². The summed E-state index contributed by atoms with van der Waals surface area (Å²) in [6.45, 7) is 6.53. The molecule has 2 N–H and O–H groups in total. The molecule has 1 atom stereocenters. The van der Waals surface area contributed by atoms with Gasteiger partial charge in [0.05, 0.1) is 33.3 Å². The molecule has 0 saturated carbocycles. The molecule has 1 fully saturated rings. The molecular formula is C16H24N3O3+. The molecular weight excluding hydrogens is 282 g/mol. The highest BCUT2D eigenvalue weighted by atomic mass is 16.5. The first-order valence-electron chi connectivity index (χ1n) is 7.56. The number of rotatable bonds is 4. The van der Waals surface area contributed by atoms with Gasteiger partial charge in [0.25, 0.3) is 5.91 Å². The van der Waals surface area contributed by atoms with Crippen molar-refractivity contribution in [3.05, 3.63) is 24.3 Å². The third-order valence-electron chi connectivity index (χ3n) is 4.19. The van der Waals surface area contributed by atoms with E-state index >= 15 is 0 Å². The SMILES string of the molecule is COc1cccc(NC(=O)[C@H](C)[NH+]2CCN(C(C)=O)CC2)c1. The molecule has 0 aliphatic carbocycles. The summed E-state index contributed by atoms with van der Waals surface area (Å²) in [5.74, 6) is 0.805. The van der Waals surface area contributed by atoms with Crippen LogP contribution in [-0.2, 0) is 9.59 Å². The predicted molar refractivity (Wildman–Crippen MR) is 84.0 cm³/mol. The third kappa shape index (κ3) is 3.98. The van der Waals surface area contributed by atoms with Crippen LogP contribution >= 0.6 is 0 Å². The van der Waals surface area contributed by atoms with Crippen LogP contribution in [0.15, 0.2) is 24.3 Å². The summed E-state index contributed by atoms with van der Waals surface area (Å²) in [7, 11) is 1.60. The first-order chi connectivity index (χ1) is 10.5. The Hall–Kier alpha value is -2.08. The van der Waals surface area contributed by atoms with Crippen molar-refractivity contribution in [2.75, 3.05) is 38.6 Å². The van der Waals surface area contributed by atoms with Gasteiger partial charge in [-0.25, -0.2) is 0 Å². The zero-order valence-electron chi connectivity index (χ0n) is 13.4. The summed E-state index contributed by atoms with van der Waals surface area (Å²) < 4.78 is 5.15. The highest BCUT2D eigenvalue weighted by molar-refractivity contribution is 5.93. The smallest absolute Gasteiger partial charge is 0.282 e. The molecule has 1 aliphatic heterocycles. The number of ether oxygens (including phenoxy) is 1. The van der Waals surface area contributed by atoms with Crippen LogP contribution in [0.25, 0.3) is 0 Å². The van der Waals surface area contributed by atoms with Crippen LogP contribution in [-0.4, -0.2) is 56.0 Å². The lowest BCUT2D eigenvalue weighted by molar-refractivity contribution is -0.917. The van der Waals surface area contributed by atoms with E-state index in [-0.39, 0.29) is 17.9 Å². The lowest BCUT2D eigenvalue weighted by Crippen LogP contribution is -3.19. The molecule has 6 heteroatoms. The number of nitrogens with one attached hydrogen (secondary N) is 2. The first kappa shape index (κ1) is 16.3. The summed E-state index contributed by atoms with van der Waals surface area (Å²) in [5, 5.41) is 2.93. The molecule has 120 valence electrons. The van der Waals surface area contributed by atoms with Gasteiger partial charge >= 0.3 is 0 Å². The van der Waals surface area contributed by atoms with E-state index in [9.17, 15) is 9.59 Å². The molecule has 22 heavy (non-hydrogen) atoms. The number of methoxy groups -OCH3 is 1. The maximum atomic E-state index is 12.4. The van der Waals surface area contributed by atoms with E-state index < -0.39 is 0 Å². The lowest BCUT2D eigenvalue weighted by atomic mass is 10.2. The molecule has 1 aromatic carbocycles. The molecule has 1 saturated heterocycles. The normalized spacial score (nSPS) is 17.0. The van der Waals surface area contributed by atoms with Gasteiger partial charge in [-0.2, -0.15) is 0 Å². The van der Waals surface area contributed by atoms with Crippen LogP contribution in [0, 0.1) is 0 Å². The van der Waals surface area contributed by atoms with Crippen LogP contribution in [0.3, 0.4) is 0 Å². The van der Waals surface area contributed by atoms with Crippen molar-refractivity contribution in [2.24, 2.45) is 0 Å². The molecule has 2 rings (SSSR count). The zero-order chi connectivity index (χ0) is 16.1. The Balaban J connectivity index is 1.91. The fraction of sp³-hybridized carbons (Fsp3) is 0.500. The average Bonchev–Trinajstić information content (AvgIpc) is 2.54. The zero-order valence-corrected chi connectivity index (χ0v) is 13.4. The second-order valence-corrected chi connectivity index (χ2v) is 5.61. The second-order valence-electron chi connectivity index (χ2n) is 5.61. The van der Waals surface area contributed by atoms with Gasteiger partial charge < -0.3 is 19.9 Å². The number of amides is 2. The van der Waals surface area contributed by atoms with E-state index in [1.165, 1.54) is 4.90 Å². The fourth-order valence-electron chi connectivity index (χ4n) is 2.68. The Morgan fingerprint density at radius 1 is 1.32 bits per heavy atom. The lowest BCUT2D eigenvalue weighted by Gasteiger charge is -2.34. The monoisotopic (exact) mass is 306 g/mol. The van der Waals surface area contributed by atoms with Gasteiger partial charge in [0.2, 0.25) is 5.91 Å². The summed E-state index contributed by atoms with van der Waals surface area (Å²) >= 11 is 0. The second kappa shape index (κ2) is 7.26. The van der Waals surface area contributed by atoms with Crippen molar-refractivity contribution < 1.29 is 19.2 Å². The van der Waals surface area contributed by atoms with E-state index in [4.69, 9.17) is 4.74 Å². The number of carbonyl (C=O) groups is 2. The van der Waals surface area contributed by atoms with Crippen molar-refractivity contribution in [3.63, 3.8) is 0 Å².